The molecule has 13 rings (SSSR count). The molecule has 2 nitrogen and oxygen atoms in total. The van der Waals surface area contributed by atoms with Gasteiger partial charge >= 0.3 is 0 Å². The van der Waals surface area contributed by atoms with Crippen molar-refractivity contribution >= 4 is 71.2 Å². The van der Waals surface area contributed by atoms with Crippen LogP contribution in [-0.2, 0) is 0 Å². The van der Waals surface area contributed by atoms with Gasteiger partial charge in [0.15, 0.2) is 0 Å². The summed E-state index contributed by atoms with van der Waals surface area (Å²) >= 11 is 0. The van der Waals surface area contributed by atoms with Gasteiger partial charge in [0.2, 0.25) is 0 Å². The maximum Gasteiger partial charge on any atom is 0.0541 e. The largest absolute Gasteiger partial charge is 0.310 e. The fraction of sp³-hybridized carbons (Fsp3) is 0. The summed E-state index contributed by atoms with van der Waals surface area (Å²) in [7, 11) is 0. The molecular formula is C66H44N2. The molecule has 1 aromatic heterocycles. The van der Waals surface area contributed by atoms with Gasteiger partial charge < -0.3 is 9.47 Å². The summed E-state index contributed by atoms with van der Waals surface area (Å²) in [5.74, 6) is 0. The molecule has 12 aromatic carbocycles. The third-order valence-corrected chi connectivity index (χ3v) is 13.7. The highest BCUT2D eigenvalue weighted by molar-refractivity contribution is 6.22. The van der Waals surface area contributed by atoms with Crippen LogP contribution in [0.1, 0.15) is 0 Å². The van der Waals surface area contributed by atoms with E-state index in [4.69, 9.17) is 0 Å². The predicted molar refractivity (Wildman–Crippen MR) is 290 cm³/mol. The summed E-state index contributed by atoms with van der Waals surface area (Å²) in [6, 6.07) is 97.5. The van der Waals surface area contributed by atoms with Crippen molar-refractivity contribution in [1.82, 2.24) is 4.57 Å². The first-order chi connectivity index (χ1) is 33.7. The van der Waals surface area contributed by atoms with E-state index in [9.17, 15) is 0 Å². The van der Waals surface area contributed by atoms with Crippen molar-refractivity contribution in [2.45, 2.75) is 0 Å². The lowest BCUT2D eigenvalue weighted by Gasteiger charge is -2.27. The maximum absolute atomic E-state index is 2.42. The van der Waals surface area contributed by atoms with Crippen LogP contribution < -0.4 is 4.90 Å². The molecule has 0 bridgehead atoms. The third-order valence-electron chi connectivity index (χ3n) is 13.7. The number of hydrogen-bond acceptors (Lipinski definition) is 1. The Morgan fingerprint density at radius 2 is 0.750 bits per heavy atom. The van der Waals surface area contributed by atoms with Gasteiger partial charge in [-0.25, -0.2) is 0 Å². The van der Waals surface area contributed by atoms with Crippen LogP contribution in [0.4, 0.5) is 17.1 Å². The topological polar surface area (TPSA) is 8.17 Å². The summed E-state index contributed by atoms with van der Waals surface area (Å²) in [4.78, 5) is 2.42. The SMILES string of the molecule is c1ccc(-c2c(-c3ccccc3)c3cc(-c4cccc(N(c5ccc(-c6ccc7c(c6)c6ccccc6n7-c6ccccc6)cc5)c5cccc6ccccc56)c4)ccc3c3ccccc23)cc1. The molecule has 0 aliphatic rings. The molecule has 0 atom stereocenters. The Balaban J connectivity index is 0.954. The number of anilines is 3. The fourth-order valence-electron chi connectivity index (χ4n) is 10.6. The molecule has 0 aliphatic carbocycles. The Hall–Kier alpha value is -8.98. The fourth-order valence-corrected chi connectivity index (χ4v) is 10.6. The van der Waals surface area contributed by atoms with Crippen LogP contribution in [0.25, 0.3) is 104 Å². The van der Waals surface area contributed by atoms with Crippen LogP contribution in [0.15, 0.2) is 267 Å². The van der Waals surface area contributed by atoms with Gasteiger partial charge in [-0.05, 0) is 138 Å². The molecule has 0 N–H and O–H groups in total. The van der Waals surface area contributed by atoms with Crippen LogP contribution >= 0.6 is 0 Å². The van der Waals surface area contributed by atoms with E-state index in [2.05, 4.69) is 276 Å². The second-order valence-electron chi connectivity index (χ2n) is 17.6. The van der Waals surface area contributed by atoms with Crippen LogP contribution in [0.5, 0.6) is 0 Å². The van der Waals surface area contributed by atoms with E-state index in [1.165, 1.54) is 93.1 Å². The normalized spacial score (nSPS) is 11.5. The van der Waals surface area contributed by atoms with Crippen molar-refractivity contribution in [3.63, 3.8) is 0 Å². The van der Waals surface area contributed by atoms with Crippen LogP contribution in [0, 0.1) is 0 Å². The molecule has 0 unspecified atom stereocenters. The summed E-state index contributed by atoms with van der Waals surface area (Å²) < 4.78 is 2.37. The van der Waals surface area contributed by atoms with Crippen molar-refractivity contribution in [3.8, 4) is 50.2 Å². The van der Waals surface area contributed by atoms with E-state index < -0.39 is 0 Å². The zero-order chi connectivity index (χ0) is 45.0. The maximum atomic E-state index is 2.42. The molecule has 0 spiro atoms. The van der Waals surface area contributed by atoms with E-state index in [1.54, 1.807) is 0 Å². The summed E-state index contributed by atoms with van der Waals surface area (Å²) in [6.07, 6.45) is 0. The van der Waals surface area contributed by atoms with Crippen molar-refractivity contribution in [2.24, 2.45) is 0 Å². The first-order valence-electron chi connectivity index (χ1n) is 23.4. The second kappa shape index (κ2) is 16.5. The van der Waals surface area contributed by atoms with Crippen LogP contribution in [-0.4, -0.2) is 4.57 Å². The Labute approximate surface area is 395 Å². The lowest BCUT2D eigenvalue weighted by Crippen LogP contribution is -2.10. The average molecular weight is 865 g/mol. The molecule has 2 heteroatoms. The second-order valence-corrected chi connectivity index (χ2v) is 17.6. The highest BCUT2D eigenvalue weighted by Gasteiger charge is 2.21. The van der Waals surface area contributed by atoms with Crippen LogP contribution in [0.2, 0.25) is 0 Å². The number of nitrogens with zero attached hydrogens (tertiary/aromatic N) is 2. The third kappa shape index (κ3) is 6.65. The lowest BCUT2D eigenvalue weighted by atomic mass is 9.84. The number of aromatic nitrogens is 1. The van der Waals surface area contributed by atoms with Crippen molar-refractivity contribution in [3.05, 3.63) is 267 Å². The molecular weight excluding hydrogens is 821 g/mol. The van der Waals surface area contributed by atoms with Gasteiger partial charge in [-0.3, -0.25) is 0 Å². The van der Waals surface area contributed by atoms with Gasteiger partial charge in [0, 0.05) is 33.2 Å². The first kappa shape index (κ1) is 39.4. The summed E-state index contributed by atoms with van der Waals surface area (Å²) in [5, 5.41) is 9.89. The molecule has 13 aromatic rings. The Morgan fingerprint density at radius 3 is 1.51 bits per heavy atom. The number of fused-ring (bicyclic) bond motifs is 7. The van der Waals surface area contributed by atoms with Gasteiger partial charge in [-0.2, -0.15) is 0 Å². The minimum absolute atomic E-state index is 1.09. The zero-order valence-corrected chi connectivity index (χ0v) is 37.3. The highest BCUT2D eigenvalue weighted by atomic mass is 15.1. The summed E-state index contributed by atoms with van der Waals surface area (Å²) in [6.45, 7) is 0. The van der Waals surface area contributed by atoms with Gasteiger partial charge in [0.05, 0.1) is 16.7 Å². The molecule has 0 fully saturated rings. The molecule has 1 heterocycles. The first-order valence-corrected chi connectivity index (χ1v) is 23.4. The molecule has 0 radical (unpaired) electrons. The van der Waals surface area contributed by atoms with Crippen molar-refractivity contribution in [1.29, 1.82) is 0 Å². The molecule has 0 saturated heterocycles. The number of rotatable bonds is 8. The van der Waals surface area contributed by atoms with Gasteiger partial charge in [0.25, 0.3) is 0 Å². The smallest absolute Gasteiger partial charge is 0.0541 e. The Bertz CT molecular complexity index is 4000. The summed E-state index contributed by atoms with van der Waals surface area (Å²) in [5.41, 5.74) is 16.5. The quantitative estimate of drug-likeness (QED) is 0.138. The molecule has 318 valence electrons. The Kier molecular flexibility index (Phi) is 9.54. The van der Waals surface area contributed by atoms with E-state index in [1.807, 2.05) is 0 Å². The van der Waals surface area contributed by atoms with Crippen molar-refractivity contribution in [2.75, 3.05) is 4.90 Å². The van der Waals surface area contributed by atoms with E-state index in [-0.39, 0.29) is 0 Å². The predicted octanol–water partition coefficient (Wildman–Crippen LogP) is 18.4. The molecule has 0 amide bonds. The standard InChI is InChI=1S/C66H44N2/c1-4-19-47(20-5-1)65-59-31-13-12-29-56(59)57-40-36-51(44-61(57)66(65)48-21-6-2-7-22-48)49-24-16-27-54(42-49)67(62-33-17-23-46-18-10-11-28-55(46)62)53-38-34-45(35-39-53)50-37-41-64-60(43-50)58-30-14-15-32-63(58)68(64)52-25-8-3-9-26-52/h1-44H. The van der Waals surface area contributed by atoms with E-state index in [0.29, 0.717) is 0 Å². The molecule has 0 aliphatic heterocycles. The number of para-hydroxylation sites is 2. The number of hydrogen-bond donors (Lipinski definition) is 0. The molecule has 0 saturated carbocycles. The lowest BCUT2D eigenvalue weighted by molar-refractivity contribution is 1.18. The van der Waals surface area contributed by atoms with Gasteiger partial charge in [-0.1, -0.05) is 200 Å². The molecule has 68 heavy (non-hydrogen) atoms. The highest BCUT2D eigenvalue weighted by Crippen LogP contribution is 2.47. The van der Waals surface area contributed by atoms with Gasteiger partial charge in [-0.15, -0.1) is 0 Å². The Morgan fingerprint density at radius 1 is 0.250 bits per heavy atom. The minimum Gasteiger partial charge on any atom is -0.310 e. The monoisotopic (exact) mass is 864 g/mol. The van der Waals surface area contributed by atoms with Crippen LogP contribution in [0.3, 0.4) is 0 Å². The number of benzene rings is 12. The van der Waals surface area contributed by atoms with Gasteiger partial charge in [0.1, 0.15) is 0 Å². The van der Waals surface area contributed by atoms with Crippen molar-refractivity contribution < 1.29 is 0 Å². The zero-order valence-electron chi connectivity index (χ0n) is 37.3. The minimum atomic E-state index is 1.09. The van der Waals surface area contributed by atoms with E-state index in [0.717, 1.165) is 28.3 Å². The average Bonchev–Trinajstić information content (AvgIpc) is 3.75. The van der Waals surface area contributed by atoms with E-state index >= 15 is 0 Å².